The van der Waals surface area contributed by atoms with Gasteiger partial charge in [-0.3, -0.25) is 14.6 Å². The highest BCUT2D eigenvalue weighted by Crippen LogP contribution is 2.32. The summed E-state index contributed by atoms with van der Waals surface area (Å²) in [5.41, 5.74) is 4.12. The van der Waals surface area contributed by atoms with Gasteiger partial charge in [0.15, 0.2) is 0 Å². The Balaban J connectivity index is 1.41. The number of hydrogen-bond acceptors (Lipinski definition) is 5. The quantitative estimate of drug-likeness (QED) is 0.374. The van der Waals surface area contributed by atoms with Gasteiger partial charge in [0, 0.05) is 49.2 Å². The molecule has 0 unspecified atom stereocenters. The third kappa shape index (κ3) is 4.58. The molecule has 5 rings (SSSR count). The first-order chi connectivity index (χ1) is 16.9. The topological polar surface area (TPSA) is 58.9 Å². The summed E-state index contributed by atoms with van der Waals surface area (Å²) in [6.07, 6.45) is 7.37. The number of fused-ring (bicyclic) bond motifs is 1. The van der Waals surface area contributed by atoms with Gasteiger partial charge in [-0.15, -0.1) is 0 Å². The van der Waals surface area contributed by atoms with Crippen LogP contribution in [0.25, 0.3) is 16.5 Å². The van der Waals surface area contributed by atoms with Crippen LogP contribution in [0.1, 0.15) is 42.6 Å². The van der Waals surface area contributed by atoms with Crippen LogP contribution in [0, 0.1) is 5.82 Å². The minimum atomic E-state index is -2.87. The fourth-order valence-corrected chi connectivity index (χ4v) is 4.44. The number of aryl methyl sites for hydroxylation is 1. The van der Waals surface area contributed by atoms with E-state index in [2.05, 4.69) is 31.4 Å². The van der Waals surface area contributed by atoms with Crippen LogP contribution in [-0.2, 0) is 7.05 Å². The molecular weight excluding hydrogens is 453 g/mol. The molecule has 35 heavy (non-hydrogen) atoms. The molecule has 1 N–H and O–H groups in total. The summed E-state index contributed by atoms with van der Waals surface area (Å²) in [4.78, 5) is 11.3. The van der Waals surface area contributed by atoms with Crippen molar-refractivity contribution in [1.82, 2.24) is 19.7 Å². The van der Waals surface area contributed by atoms with Crippen LogP contribution in [-0.4, -0.2) is 32.8 Å². The molecule has 1 aliphatic rings. The van der Waals surface area contributed by atoms with Gasteiger partial charge in [-0.1, -0.05) is 24.3 Å². The number of alkyl halides is 2. The molecule has 0 amide bonds. The van der Waals surface area contributed by atoms with Crippen LogP contribution >= 0.6 is 0 Å². The lowest BCUT2D eigenvalue weighted by atomic mass is 10.0. The van der Waals surface area contributed by atoms with Crippen molar-refractivity contribution in [3.8, 4) is 0 Å². The number of benzene rings is 1. The molecule has 6 nitrogen and oxygen atoms in total. The van der Waals surface area contributed by atoms with Crippen molar-refractivity contribution in [3.63, 3.8) is 0 Å². The van der Waals surface area contributed by atoms with E-state index in [0.717, 1.165) is 53.6 Å². The molecule has 1 atom stereocenters. The zero-order valence-corrected chi connectivity index (χ0v) is 19.4. The summed E-state index contributed by atoms with van der Waals surface area (Å²) in [6.45, 7) is 3.36. The second-order valence-electron chi connectivity index (χ2n) is 8.66. The van der Waals surface area contributed by atoms with Gasteiger partial charge in [0.1, 0.15) is 5.82 Å². The van der Waals surface area contributed by atoms with E-state index in [9.17, 15) is 13.2 Å². The Morgan fingerprint density at radius 1 is 1.09 bits per heavy atom. The second kappa shape index (κ2) is 9.40. The third-order valence-corrected chi connectivity index (χ3v) is 6.35. The lowest BCUT2D eigenvalue weighted by molar-refractivity contribution is 0.146. The first kappa shape index (κ1) is 22.9. The lowest BCUT2D eigenvalue weighted by Gasteiger charge is -2.27. The van der Waals surface area contributed by atoms with Crippen molar-refractivity contribution in [1.29, 1.82) is 0 Å². The maximum atomic E-state index is 14.7. The predicted molar refractivity (Wildman–Crippen MR) is 131 cm³/mol. The molecule has 0 spiro atoms. The molecule has 1 aromatic carbocycles. The molecule has 4 heterocycles. The van der Waals surface area contributed by atoms with E-state index in [-0.39, 0.29) is 5.56 Å². The average Bonchev–Trinajstić information content (AvgIpc) is 3.30. The summed E-state index contributed by atoms with van der Waals surface area (Å²) >= 11 is 0. The van der Waals surface area contributed by atoms with Gasteiger partial charge in [-0.25, -0.2) is 13.2 Å². The first-order valence-corrected chi connectivity index (χ1v) is 11.4. The number of hydrogen-bond donors (Lipinski definition) is 1. The molecule has 0 saturated heterocycles. The number of rotatable bonds is 6. The molecule has 0 fully saturated rings. The summed E-state index contributed by atoms with van der Waals surface area (Å²) in [7, 11) is 1.90. The number of aromatic nitrogens is 4. The van der Waals surface area contributed by atoms with E-state index in [4.69, 9.17) is 0 Å². The normalized spacial score (nSPS) is 14.9. The predicted octanol–water partition coefficient (Wildman–Crippen LogP) is 5.91. The van der Waals surface area contributed by atoms with E-state index in [1.54, 1.807) is 30.1 Å². The molecule has 4 aromatic rings. The lowest BCUT2D eigenvalue weighted by Crippen LogP contribution is -2.28. The summed E-state index contributed by atoms with van der Waals surface area (Å²) in [5.74, 6) is -0.881. The molecule has 0 aliphatic carbocycles. The fourth-order valence-electron chi connectivity index (χ4n) is 4.44. The highest BCUT2D eigenvalue weighted by Gasteiger charge is 2.20. The number of nitrogens with zero attached hydrogens (tertiary/aromatic N) is 5. The molecule has 0 radical (unpaired) electrons. The summed E-state index contributed by atoms with van der Waals surface area (Å²) in [5, 5.41) is 8.36. The number of anilines is 2. The maximum absolute atomic E-state index is 14.7. The van der Waals surface area contributed by atoms with Crippen molar-refractivity contribution >= 4 is 27.9 Å². The first-order valence-electron chi connectivity index (χ1n) is 11.4. The second-order valence-corrected chi connectivity index (χ2v) is 8.66. The van der Waals surface area contributed by atoms with Crippen molar-refractivity contribution in [2.24, 2.45) is 7.05 Å². The van der Waals surface area contributed by atoms with Crippen LogP contribution in [0.4, 0.5) is 24.5 Å². The van der Waals surface area contributed by atoms with E-state index >= 15 is 0 Å². The van der Waals surface area contributed by atoms with Crippen LogP contribution in [0.5, 0.6) is 0 Å². The van der Waals surface area contributed by atoms with Crippen molar-refractivity contribution in [3.05, 3.63) is 83.8 Å². The minimum absolute atomic E-state index is 0.188. The van der Waals surface area contributed by atoms with Gasteiger partial charge in [0.25, 0.3) is 6.43 Å². The van der Waals surface area contributed by atoms with Crippen LogP contribution in [0.2, 0.25) is 0 Å². The van der Waals surface area contributed by atoms with Gasteiger partial charge in [-0.2, -0.15) is 5.10 Å². The monoisotopic (exact) mass is 478 g/mol. The van der Waals surface area contributed by atoms with Crippen molar-refractivity contribution in [2.75, 3.05) is 23.3 Å². The molecule has 9 heteroatoms. The van der Waals surface area contributed by atoms with Gasteiger partial charge in [0.05, 0.1) is 40.9 Å². The Labute approximate surface area is 201 Å². The van der Waals surface area contributed by atoms with E-state index in [1.165, 1.54) is 12.1 Å². The molecule has 3 aromatic heterocycles. The standard InChI is InChI=1S/C26H25F3N6/c1-16(19-4-3-5-20(25(19)27)26(28)29)33-22-6-9-30-24-14-31-23(12-21(22)24)17-7-10-35(11-8-17)18-13-32-34(2)15-18/h3-7,9,12-16,26H,8,10-11H2,1-2H3,(H,30,33)/t16-/m1/s1. The smallest absolute Gasteiger partial charge is 0.266 e. The van der Waals surface area contributed by atoms with Gasteiger partial charge >= 0.3 is 0 Å². The maximum Gasteiger partial charge on any atom is 0.266 e. The van der Waals surface area contributed by atoms with Gasteiger partial charge in [0.2, 0.25) is 0 Å². The molecule has 0 saturated carbocycles. The van der Waals surface area contributed by atoms with Crippen LogP contribution in [0.15, 0.2) is 61.2 Å². The number of pyridine rings is 2. The Hall–Kier alpha value is -3.88. The molecule has 0 bridgehead atoms. The molecule has 180 valence electrons. The third-order valence-electron chi connectivity index (χ3n) is 6.35. The van der Waals surface area contributed by atoms with Crippen molar-refractivity contribution in [2.45, 2.75) is 25.8 Å². The van der Waals surface area contributed by atoms with Crippen LogP contribution in [0.3, 0.4) is 0 Å². The Bertz CT molecular complexity index is 1400. The SMILES string of the molecule is C[C@@H](Nc1ccnc2cnc(C3=CCN(c4cnn(C)c4)CC3)cc12)c1cccc(C(F)F)c1F. The van der Waals surface area contributed by atoms with Gasteiger partial charge < -0.3 is 10.2 Å². The fraction of sp³-hybridized carbons (Fsp3) is 0.269. The van der Waals surface area contributed by atoms with E-state index in [1.807, 2.05) is 25.5 Å². The van der Waals surface area contributed by atoms with Crippen LogP contribution < -0.4 is 10.2 Å². The number of halogens is 3. The van der Waals surface area contributed by atoms with E-state index in [0.29, 0.717) is 5.52 Å². The average molecular weight is 479 g/mol. The Kier molecular flexibility index (Phi) is 6.15. The number of nitrogens with one attached hydrogen (secondary N) is 1. The Morgan fingerprint density at radius 3 is 2.63 bits per heavy atom. The zero-order chi connectivity index (χ0) is 24.5. The molecular formula is C26H25F3N6. The highest BCUT2D eigenvalue weighted by molar-refractivity contribution is 5.92. The largest absolute Gasteiger partial charge is 0.378 e. The van der Waals surface area contributed by atoms with Gasteiger partial charge in [-0.05, 0) is 31.1 Å². The van der Waals surface area contributed by atoms with Crippen molar-refractivity contribution < 1.29 is 13.2 Å². The molecule has 1 aliphatic heterocycles. The summed E-state index contributed by atoms with van der Waals surface area (Å²) in [6, 6.07) is 7.35. The zero-order valence-electron chi connectivity index (χ0n) is 19.4. The minimum Gasteiger partial charge on any atom is -0.378 e. The Morgan fingerprint density at radius 2 is 1.91 bits per heavy atom. The summed E-state index contributed by atoms with van der Waals surface area (Å²) < 4.78 is 42.8. The highest BCUT2D eigenvalue weighted by atomic mass is 19.3. The van der Waals surface area contributed by atoms with E-state index < -0.39 is 23.8 Å².